The van der Waals surface area contributed by atoms with E-state index in [9.17, 15) is 18.7 Å². The number of hydrogen-bond acceptors (Lipinski definition) is 7. The summed E-state index contributed by atoms with van der Waals surface area (Å²) in [5, 5.41) is 21.9. The molecule has 0 fully saturated rings. The number of carbonyl (C=O) groups excluding carboxylic acids is 1. The van der Waals surface area contributed by atoms with Crippen molar-refractivity contribution in [3.05, 3.63) is 59.0 Å². The third-order valence-corrected chi connectivity index (χ3v) is 4.34. The van der Waals surface area contributed by atoms with E-state index in [2.05, 4.69) is 31.0 Å². The molecule has 9 nitrogen and oxygen atoms in total. The first-order chi connectivity index (χ1) is 14.4. The second-order valence-corrected chi connectivity index (χ2v) is 6.54. The van der Waals surface area contributed by atoms with Crippen LogP contribution in [0.25, 0.3) is 0 Å². The fourth-order valence-corrected chi connectivity index (χ4v) is 2.76. The van der Waals surface area contributed by atoms with E-state index in [-0.39, 0.29) is 34.8 Å². The molecule has 158 valence electrons. The molecule has 0 bridgehead atoms. The highest BCUT2D eigenvalue weighted by Crippen LogP contribution is 2.28. The highest BCUT2D eigenvalue weighted by atomic mass is 35.5. The van der Waals surface area contributed by atoms with Gasteiger partial charge in [0.2, 0.25) is 11.9 Å². The number of rotatable bonds is 8. The molecule has 0 aliphatic rings. The molecule has 0 radical (unpaired) electrons. The minimum atomic E-state index is -1.12. The van der Waals surface area contributed by atoms with E-state index in [4.69, 9.17) is 11.6 Å². The molecule has 1 amide bonds. The Morgan fingerprint density at radius 2 is 2.03 bits per heavy atom. The smallest absolute Gasteiger partial charge is 0.241 e. The van der Waals surface area contributed by atoms with E-state index in [1.54, 1.807) is 6.20 Å². The quantitative estimate of drug-likeness (QED) is 0.427. The van der Waals surface area contributed by atoms with Crippen LogP contribution in [0.5, 0.6) is 0 Å². The summed E-state index contributed by atoms with van der Waals surface area (Å²) in [4.78, 5) is 19.6. The van der Waals surface area contributed by atoms with Crippen LogP contribution in [0.4, 0.5) is 26.2 Å². The van der Waals surface area contributed by atoms with Crippen molar-refractivity contribution in [3.8, 4) is 0 Å². The second kappa shape index (κ2) is 9.46. The van der Waals surface area contributed by atoms with Crippen LogP contribution in [0, 0.1) is 11.6 Å². The van der Waals surface area contributed by atoms with Gasteiger partial charge in [-0.25, -0.2) is 13.8 Å². The van der Waals surface area contributed by atoms with Crippen LogP contribution in [0.1, 0.15) is 11.6 Å². The van der Waals surface area contributed by atoms with E-state index in [0.717, 1.165) is 12.1 Å². The monoisotopic (exact) mass is 437 g/mol. The highest BCUT2D eigenvalue weighted by Gasteiger charge is 2.21. The third kappa shape index (κ3) is 4.99. The first-order valence-electron chi connectivity index (χ1n) is 8.75. The fourth-order valence-electron chi connectivity index (χ4n) is 2.62. The van der Waals surface area contributed by atoms with Gasteiger partial charge in [0, 0.05) is 18.8 Å². The first-order valence-corrected chi connectivity index (χ1v) is 9.13. The van der Waals surface area contributed by atoms with Crippen LogP contribution in [0.2, 0.25) is 5.02 Å². The molecule has 3 rings (SSSR count). The summed E-state index contributed by atoms with van der Waals surface area (Å²) in [5.41, 5.74) is 0.172. The molecule has 3 aromatic rings. The highest BCUT2D eigenvalue weighted by molar-refractivity contribution is 6.32. The zero-order chi connectivity index (χ0) is 21.7. The van der Waals surface area contributed by atoms with Crippen molar-refractivity contribution in [2.24, 2.45) is 0 Å². The molecule has 0 aliphatic carbocycles. The van der Waals surface area contributed by atoms with Gasteiger partial charge in [0.25, 0.3) is 0 Å². The number of aliphatic hydroxyl groups is 1. The van der Waals surface area contributed by atoms with Gasteiger partial charge in [0.1, 0.15) is 23.2 Å². The molecule has 0 saturated carbocycles. The number of nitrogens with one attached hydrogen (secondary N) is 3. The summed E-state index contributed by atoms with van der Waals surface area (Å²) in [6.45, 7) is -0.563. The topological polar surface area (TPSA) is 117 Å². The van der Waals surface area contributed by atoms with Gasteiger partial charge < -0.3 is 21.1 Å². The van der Waals surface area contributed by atoms with Crippen LogP contribution in [0.3, 0.4) is 0 Å². The van der Waals surface area contributed by atoms with Crippen LogP contribution in [0.15, 0.2) is 36.8 Å². The van der Waals surface area contributed by atoms with E-state index in [1.807, 2.05) is 0 Å². The maximum atomic E-state index is 14.1. The number of hydrogen-bond donors (Lipinski definition) is 4. The number of benzene rings is 1. The number of aliphatic hydroxyl groups excluding tert-OH is 1. The Bertz CT molecular complexity index is 1030. The van der Waals surface area contributed by atoms with Crippen LogP contribution in [-0.2, 0) is 11.3 Å². The number of aromatic nitrogens is 4. The van der Waals surface area contributed by atoms with Gasteiger partial charge in [-0.3, -0.25) is 9.48 Å². The fraction of sp³-hybridized carbons (Fsp3) is 0.222. The molecule has 0 aliphatic heterocycles. The first kappa shape index (κ1) is 21.4. The van der Waals surface area contributed by atoms with Crippen molar-refractivity contribution in [1.29, 1.82) is 0 Å². The van der Waals surface area contributed by atoms with Crippen LogP contribution in [-0.4, -0.2) is 44.4 Å². The third-order valence-electron chi connectivity index (χ3n) is 4.06. The summed E-state index contributed by atoms with van der Waals surface area (Å²) >= 11 is 6.10. The number of nitrogens with zero attached hydrogens (tertiary/aromatic N) is 4. The molecule has 4 N–H and O–H groups in total. The Morgan fingerprint density at radius 3 is 2.70 bits per heavy atom. The van der Waals surface area contributed by atoms with Crippen molar-refractivity contribution in [1.82, 2.24) is 25.1 Å². The van der Waals surface area contributed by atoms with Gasteiger partial charge >= 0.3 is 0 Å². The molecule has 12 heteroatoms. The average Bonchev–Trinajstić information content (AvgIpc) is 3.15. The van der Waals surface area contributed by atoms with Gasteiger partial charge in [0.15, 0.2) is 5.82 Å². The summed E-state index contributed by atoms with van der Waals surface area (Å²) < 4.78 is 29.6. The Hall–Kier alpha value is -3.31. The normalized spacial score (nSPS) is 11.8. The summed E-state index contributed by atoms with van der Waals surface area (Å²) in [5.74, 6) is -1.66. The second-order valence-electron chi connectivity index (χ2n) is 6.13. The van der Waals surface area contributed by atoms with E-state index in [0.29, 0.717) is 5.69 Å². The van der Waals surface area contributed by atoms with Crippen LogP contribution >= 0.6 is 11.6 Å². The molecule has 1 atom stereocenters. The minimum Gasteiger partial charge on any atom is -0.394 e. The van der Waals surface area contributed by atoms with E-state index in [1.165, 1.54) is 30.2 Å². The lowest BCUT2D eigenvalue weighted by molar-refractivity contribution is -0.121. The summed E-state index contributed by atoms with van der Waals surface area (Å²) in [7, 11) is 1.52. The molecule has 2 heterocycles. The molecular weight excluding hydrogens is 420 g/mol. The van der Waals surface area contributed by atoms with Crippen molar-refractivity contribution in [2.75, 3.05) is 24.3 Å². The van der Waals surface area contributed by atoms with E-state index < -0.39 is 24.3 Å². The SMILES string of the molecule is CNC(=O)Cn1cc(Nc2ncc(Cl)c(NC(CO)c3c(F)cccc3F)n2)cn1. The number of likely N-dealkylation sites (N-methyl/N-ethyl adjacent to an activating group) is 1. The van der Waals surface area contributed by atoms with Gasteiger partial charge in [-0.15, -0.1) is 0 Å². The zero-order valence-corrected chi connectivity index (χ0v) is 16.5. The van der Waals surface area contributed by atoms with Gasteiger partial charge in [-0.05, 0) is 12.1 Å². The molecule has 2 aromatic heterocycles. The van der Waals surface area contributed by atoms with Crippen molar-refractivity contribution in [3.63, 3.8) is 0 Å². The maximum absolute atomic E-state index is 14.1. The molecule has 1 aromatic carbocycles. The minimum absolute atomic E-state index is 0.0405. The maximum Gasteiger partial charge on any atom is 0.241 e. The Labute approximate surface area is 175 Å². The number of amides is 1. The Balaban J connectivity index is 1.79. The molecule has 0 spiro atoms. The predicted octanol–water partition coefficient (Wildman–Crippen LogP) is 2.24. The van der Waals surface area contributed by atoms with Crippen molar-refractivity contribution in [2.45, 2.75) is 12.6 Å². The van der Waals surface area contributed by atoms with Gasteiger partial charge in [0.05, 0.1) is 30.7 Å². The number of halogens is 3. The molecule has 30 heavy (non-hydrogen) atoms. The molecule has 1 unspecified atom stereocenters. The number of carbonyl (C=O) groups is 1. The molecular formula is C18H18ClF2N7O2. The average molecular weight is 438 g/mol. The van der Waals surface area contributed by atoms with Crippen molar-refractivity contribution >= 4 is 35.0 Å². The zero-order valence-electron chi connectivity index (χ0n) is 15.7. The summed E-state index contributed by atoms with van der Waals surface area (Å²) in [6.07, 6.45) is 4.34. The van der Waals surface area contributed by atoms with Gasteiger partial charge in [-0.2, -0.15) is 10.1 Å². The number of anilines is 3. The summed E-state index contributed by atoms with van der Waals surface area (Å²) in [6, 6.07) is 2.29. The Morgan fingerprint density at radius 1 is 1.30 bits per heavy atom. The lowest BCUT2D eigenvalue weighted by Crippen LogP contribution is -2.23. The van der Waals surface area contributed by atoms with Crippen molar-refractivity contribution < 1.29 is 18.7 Å². The molecule has 0 saturated heterocycles. The van der Waals surface area contributed by atoms with E-state index >= 15 is 0 Å². The largest absolute Gasteiger partial charge is 0.394 e. The van der Waals surface area contributed by atoms with Crippen LogP contribution < -0.4 is 16.0 Å². The van der Waals surface area contributed by atoms with Gasteiger partial charge in [-0.1, -0.05) is 17.7 Å². The lowest BCUT2D eigenvalue weighted by Gasteiger charge is -2.19. The standard InChI is InChI=1S/C18H18ClF2N7O2/c1-22-15(30)8-28-7-10(5-24-28)25-18-23-6-11(19)17(27-18)26-14(9-29)16-12(20)3-2-4-13(16)21/h2-7,14,29H,8-9H2,1H3,(H,22,30)(H2,23,25,26,27). The Kier molecular flexibility index (Phi) is 6.75. The predicted molar refractivity (Wildman–Crippen MR) is 106 cm³/mol. The lowest BCUT2D eigenvalue weighted by atomic mass is 10.1.